The lowest BCUT2D eigenvalue weighted by atomic mass is 10.1. The zero-order valence-corrected chi connectivity index (χ0v) is 16.0. The fraction of sp³-hybridized carbons (Fsp3) is 0.120. The lowest BCUT2D eigenvalue weighted by Gasteiger charge is -2.35. The van der Waals surface area contributed by atoms with Gasteiger partial charge in [0.15, 0.2) is 0 Å². The zero-order chi connectivity index (χ0) is 17.6. The van der Waals surface area contributed by atoms with Gasteiger partial charge in [-0.2, -0.15) is 0 Å². The highest BCUT2D eigenvalue weighted by molar-refractivity contribution is 7.02. The van der Waals surface area contributed by atoms with E-state index in [0.717, 1.165) is 6.42 Å². The van der Waals surface area contributed by atoms with Gasteiger partial charge in [0.25, 0.3) is 0 Å². The van der Waals surface area contributed by atoms with E-state index in [4.69, 9.17) is 0 Å². The quantitative estimate of drug-likeness (QED) is 0.461. The summed E-state index contributed by atoms with van der Waals surface area (Å²) < 4.78 is 0. The molecular formula is C25H22Si. The third-order valence-electron chi connectivity index (χ3n) is 6.27. The van der Waals surface area contributed by atoms with Crippen LogP contribution in [0.25, 0.3) is 10.8 Å². The van der Waals surface area contributed by atoms with Gasteiger partial charge in [-0.25, -0.2) is 0 Å². The van der Waals surface area contributed by atoms with Gasteiger partial charge in [-0.05, 0) is 33.9 Å². The number of hydrogen-bond donors (Lipinski definition) is 0. The van der Waals surface area contributed by atoms with E-state index in [2.05, 4.69) is 104 Å². The van der Waals surface area contributed by atoms with Gasteiger partial charge in [-0.1, -0.05) is 114 Å². The predicted molar refractivity (Wildman–Crippen MR) is 114 cm³/mol. The van der Waals surface area contributed by atoms with Gasteiger partial charge >= 0.3 is 0 Å². The molecule has 5 rings (SSSR count). The van der Waals surface area contributed by atoms with Crippen LogP contribution in [0, 0.1) is 0 Å². The molecule has 1 aliphatic rings. The normalized spacial score (nSPS) is 16.1. The molecule has 0 amide bonds. The standard InChI is InChI=1S/C25H22Si/c1-26(21-13-4-2-5-14-21,22-15-6-3-7-16-22)24-18-20-12-8-10-19-11-9-17-23(24)25(19)20/h2-17,24H,18H2,1H3/t24-/m0/s1. The Morgan fingerprint density at radius 1 is 0.654 bits per heavy atom. The highest BCUT2D eigenvalue weighted by atomic mass is 28.3. The van der Waals surface area contributed by atoms with Crippen molar-refractivity contribution in [2.75, 3.05) is 0 Å². The molecule has 0 spiro atoms. The Kier molecular flexibility index (Phi) is 3.58. The van der Waals surface area contributed by atoms with Gasteiger partial charge < -0.3 is 0 Å². The van der Waals surface area contributed by atoms with E-state index in [-0.39, 0.29) is 0 Å². The smallest absolute Gasteiger partial charge is 0.0626 e. The van der Waals surface area contributed by atoms with Gasteiger partial charge in [0, 0.05) is 0 Å². The molecule has 1 heteroatoms. The third kappa shape index (κ3) is 2.20. The van der Waals surface area contributed by atoms with Crippen molar-refractivity contribution < 1.29 is 0 Å². The van der Waals surface area contributed by atoms with Crippen LogP contribution in [0.4, 0.5) is 0 Å². The monoisotopic (exact) mass is 350 g/mol. The summed E-state index contributed by atoms with van der Waals surface area (Å²) >= 11 is 0. The molecule has 26 heavy (non-hydrogen) atoms. The number of benzene rings is 4. The minimum atomic E-state index is -1.94. The van der Waals surface area contributed by atoms with Crippen LogP contribution < -0.4 is 10.4 Å². The summed E-state index contributed by atoms with van der Waals surface area (Å²) in [5.74, 6) is 0. The molecule has 4 aromatic carbocycles. The molecule has 0 unspecified atom stereocenters. The first-order valence-corrected chi connectivity index (χ1v) is 12.0. The van der Waals surface area contributed by atoms with Crippen LogP contribution in [-0.2, 0) is 6.42 Å². The van der Waals surface area contributed by atoms with Crippen LogP contribution in [0.2, 0.25) is 6.55 Å². The molecule has 1 aliphatic carbocycles. The van der Waals surface area contributed by atoms with Crippen molar-refractivity contribution in [3.63, 3.8) is 0 Å². The zero-order valence-electron chi connectivity index (χ0n) is 15.0. The molecule has 0 aromatic heterocycles. The SMILES string of the molecule is C[Si](c1ccccc1)(c1ccccc1)[C@H]1Cc2cccc3cccc1c23. The van der Waals surface area contributed by atoms with E-state index in [0.29, 0.717) is 5.54 Å². The first-order valence-electron chi connectivity index (χ1n) is 9.40. The first-order chi connectivity index (χ1) is 12.8. The molecule has 0 saturated heterocycles. The minimum Gasteiger partial charge on any atom is -0.0626 e. The summed E-state index contributed by atoms with van der Waals surface area (Å²) in [6.45, 7) is 2.56. The van der Waals surface area contributed by atoms with Crippen LogP contribution >= 0.6 is 0 Å². The second-order valence-corrected chi connectivity index (χ2v) is 11.8. The van der Waals surface area contributed by atoms with E-state index in [1.165, 1.54) is 26.7 Å². The lowest BCUT2D eigenvalue weighted by Crippen LogP contribution is -2.60. The Bertz CT molecular complexity index is 1020. The molecule has 0 N–H and O–H groups in total. The van der Waals surface area contributed by atoms with Gasteiger partial charge in [0.1, 0.15) is 8.07 Å². The molecule has 0 fully saturated rings. The number of rotatable bonds is 3. The van der Waals surface area contributed by atoms with Crippen LogP contribution in [0.15, 0.2) is 97.1 Å². The topological polar surface area (TPSA) is 0 Å². The Morgan fingerprint density at radius 2 is 1.23 bits per heavy atom. The summed E-state index contributed by atoms with van der Waals surface area (Å²) in [5.41, 5.74) is 3.65. The second kappa shape index (κ2) is 5.96. The summed E-state index contributed by atoms with van der Waals surface area (Å²) in [4.78, 5) is 0. The van der Waals surface area contributed by atoms with Gasteiger partial charge in [0.2, 0.25) is 0 Å². The van der Waals surface area contributed by atoms with Crippen LogP contribution in [0.3, 0.4) is 0 Å². The van der Waals surface area contributed by atoms with Crippen LogP contribution in [0.1, 0.15) is 16.7 Å². The van der Waals surface area contributed by atoms with Crippen LogP contribution in [0.5, 0.6) is 0 Å². The van der Waals surface area contributed by atoms with Gasteiger partial charge in [-0.15, -0.1) is 0 Å². The molecule has 0 saturated carbocycles. The van der Waals surface area contributed by atoms with Crippen molar-refractivity contribution in [2.45, 2.75) is 18.5 Å². The highest BCUT2D eigenvalue weighted by Crippen LogP contribution is 2.42. The van der Waals surface area contributed by atoms with E-state index >= 15 is 0 Å². The molecule has 0 aliphatic heterocycles. The molecule has 0 bridgehead atoms. The van der Waals surface area contributed by atoms with Gasteiger partial charge in [-0.3, -0.25) is 0 Å². The maximum atomic E-state index is 2.56. The summed E-state index contributed by atoms with van der Waals surface area (Å²) in [6, 6.07) is 36.1. The van der Waals surface area contributed by atoms with E-state index in [1.807, 2.05) is 0 Å². The summed E-state index contributed by atoms with van der Waals surface area (Å²) in [5, 5.41) is 5.95. The lowest BCUT2D eigenvalue weighted by molar-refractivity contribution is 0.941. The maximum absolute atomic E-state index is 2.56. The van der Waals surface area contributed by atoms with Crippen LogP contribution in [-0.4, -0.2) is 8.07 Å². The molecular weight excluding hydrogens is 328 g/mol. The van der Waals surface area contributed by atoms with E-state index in [9.17, 15) is 0 Å². The van der Waals surface area contributed by atoms with E-state index < -0.39 is 8.07 Å². The Morgan fingerprint density at radius 3 is 1.85 bits per heavy atom. The summed E-state index contributed by atoms with van der Waals surface area (Å²) in [6.07, 6.45) is 1.16. The Hall–Kier alpha value is -2.64. The Balaban J connectivity index is 1.77. The number of hydrogen-bond acceptors (Lipinski definition) is 0. The van der Waals surface area contributed by atoms with Crippen molar-refractivity contribution >= 4 is 29.2 Å². The van der Waals surface area contributed by atoms with Crippen molar-refractivity contribution in [1.29, 1.82) is 0 Å². The highest BCUT2D eigenvalue weighted by Gasteiger charge is 2.44. The molecule has 0 nitrogen and oxygen atoms in total. The van der Waals surface area contributed by atoms with Crippen molar-refractivity contribution in [3.8, 4) is 0 Å². The van der Waals surface area contributed by atoms with Crippen molar-refractivity contribution in [2.24, 2.45) is 0 Å². The average Bonchev–Trinajstić information content (AvgIpc) is 3.10. The second-order valence-electron chi connectivity index (χ2n) is 7.55. The molecule has 0 radical (unpaired) electrons. The fourth-order valence-electron chi connectivity index (χ4n) is 4.89. The minimum absolute atomic E-state index is 0.577. The molecule has 0 heterocycles. The van der Waals surface area contributed by atoms with Crippen molar-refractivity contribution in [3.05, 3.63) is 108 Å². The molecule has 4 aromatic rings. The first kappa shape index (κ1) is 15.6. The van der Waals surface area contributed by atoms with Crippen molar-refractivity contribution in [1.82, 2.24) is 0 Å². The van der Waals surface area contributed by atoms with Gasteiger partial charge in [0.05, 0.1) is 0 Å². The largest absolute Gasteiger partial charge is 0.122 e. The average molecular weight is 351 g/mol. The summed E-state index contributed by atoms with van der Waals surface area (Å²) in [7, 11) is -1.94. The fourth-order valence-corrected chi connectivity index (χ4v) is 9.29. The Labute approximate surface area is 156 Å². The third-order valence-corrected chi connectivity index (χ3v) is 11.2. The maximum Gasteiger partial charge on any atom is 0.122 e. The predicted octanol–water partition coefficient (Wildman–Crippen LogP) is 4.91. The molecule has 1 atom stereocenters. The van der Waals surface area contributed by atoms with E-state index in [1.54, 1.807) is 5.56 Å². The molecule has 126 valence electrons.